The van der Waals surface area contributed by atoms with Gasteiger partial charge in [-0.2, -0.15) is 5.10 Å². The molecule has 1 fully saturated rings. The van der Waals surface area contributed by atoms with Crippen molar-refractivity contribution in [2.24, 2.45) is 0 Å². The summed E-state index contributed by atoms with van der Waals surface area (Å²) in [5.41, 5.74) is 11.1. The van der Waals surface area contributed by atoms with Crippen molar-refractivity contribution in [2.45, 2.75) is 38.8 Å². The number of rotatable bonds is 7. The maximum absolute atomic E-state index is 4.68. The third-order valence-electron chi connectivity index (χ3n) is 7.25. The number of allylic oxidation sites excluding steroid dienone is 1. The highest BCUT2D eigenvalue weighted by Gasteiger charge is 2.25. The summed E-state index contributed by atoms with van der Waals surface area (Å²) in [6.07, 6.45) is 9.11. The van der Waals surface area contributed by atoms with Crippen LogP contribution < -0.4 is 10.2 Å². The van der Waals surface area contributed by atoms with Gasteiger partial charge in [-0.3, -0.25) is 4.90 Å². The predicted molar refractivity (Wildman–Crippen MR) is 146 cm³/mol. The van der Waals surface area contributed by atoms with E-state index in [1.165, 1.54) is 33.4 Å². The lowest BCUT2D eigenvalue weighted by molar-refractivity contribution is 0.220. The van der Waals surface area contributed by atoms with Gasteiger partial charge in [0, 0.05) is 49.8 Å². The van der Waals surface area contributed by atoms with E-state index in [0.717, 1.165) is 56.0 Å². The summed E-state index contributed by atoms with van der Waals surface area (Å²) < 4.78 is 1.97. The van der Waals surface area contributed by atoms with E-state index >= 15 is 0 Å². The van der Waals surface area contributed by atoms with Gasteiger partial charge in [0.25, 0.3) is 0 Å². The average molecular weight is 466 g/mol. The minimum absolute atomic E-state index is 0.240. The Bertz CT molecular complexity index is 1280. The van der Waals surface area contributed by atoms with E-state index in [4.69, 9.17) is 0 Å². The van der Waals surface area contributed by atoms with E-state index in [1.54, 1.807) is 0 Å². The summed E-state index contributed by atoms with van der Waals surface area (Å²) in [4.78, 5) is 4.52. The Kier molecular flexibility index (Phi) is 6.35. The van der Waals surface area contributed by atoms with Gasteiger partial charge in [0.15, 0.2) is 0 Å². The first-order valence-corrected chi connectivity index (χ1v) is 12.4. The van der Waals surface area contributed by atoms with Crippen LogP contribution in [0.5, 0.6) is 0 Å². The SMILES string of the molecule is C=CN(C)c1cc(-n2cc(CN3CC(=C)NC(c4ccc5c(c4)CCC5=C)C3)cn2)ccc1CC. The van der Waals surface area contributed by atoms with E-state index in [-0.39, 0.29) is 6.04 Å². The second-order valence-corrected chi connectivity index (χ2v) is 9.74. The molecule has 5 rings (SSSR count). The Morgan fingerprint density at radius 2 is 2.03 bits per heavy atom. The Balaban J connectivity index is 1.31. The van der Waals surface area contributed by atoms with E-state index in [0.29, 0.717) is 0 Å². The van der Waals surface area contributed by atoms with Gasteiger partial charge in [0.05, 0.1) is 17.9 Å². The fourth-order valence-corrected chi connectivity index (χ4v) is 5.30. The number of piperazine rings is 1. The Hall–Kier alpha value is -3.57. The number of hydrogen-bond donors (Lipinski definition) is 1. The van der Waals surface area contributed by atoms with E-state index in [1.807, 2.05) is 24.1 Å². The van der Waals surface area contributed by atoms with Crippen molar-refractivity contribution < 1.29 is 0 Å². The molecule has 5 heteroatoms. The minimum atomic E-state index is 0.240. The molecule has 5 nitrogen and oxygen atoms in total. The van der Waals surface area contributed by atoms with Crippen LogP contribution in [0.4, 0.5) is 5.69 Å². The summed E-state index contributed by atoms with van der Waals surface area (Å²) in [7, 11) is 2.03. The smallest absolute Gasteiger partial charge is 0.0666 e. The Morgan fingerprint density at radius 3 is 2.83 bits per heavy atom. The second-order valence-electron chi connectivity index (χ2n) is 9.74. The van der Waals surface area contributed by atoms with Crippen molar-refractivity contribution >= 4 is 11.3 Å². The van der Waals surface area contributed by atoms with Crippen LogP contribution in [-0.4, -0.2) is 34.8 Å². The molecule has 1 atom stereocenters. The Labute approximate surface area is 209 Å². The van der Waals surface area contributed by atoms with Crippen LogP contribution in [0.2, 0.25) is 0 Å². The zero-order valence-electron chi connectivity index (χ0n) is 20.9. The first-order valence-electron chi connectivity index (χ1n) is 12.4. The molecule has 2 aliphatic rings. The van der Waals surface area contributed by atoms with Gasteiger partial charge in [0.1, 0.15) is 0 Å². The molecule has 1 N–H and O–H groups in total. The van der Waals surface area contributed by atoms with Gasteiger partial charge in [0.2, 0.25) is 0 Å². The number of aromatic nitrogens is 2. The molecule has 2 aromatic carbocycles. The summed E-state index contributed by atoms with van der Waals surface area (Å²) in [5.74, 6) is 0. The van der Waals surface area contributed by atoms with Gasteiger partial charge in [-0.25, -0.2) is 4.68 Å². The van der Waals surface area contributed by atoms with Crippen LogP contribution in [0, 0.1) is 0 Å². The Morgan fingerprint density at radius 1 is 1.17 bits per heavy atom. The van der Waals surface area contributed by atoms with Crippen molar-refractivity contribution in [3.8, 4) is 5.69 Å². The molecule has 2 heterocycles. The van der Waals surface area contributed by atoms with E-state index in [2.05, 4.69) is 89.5 Å². The van der Waals surface area contributed by atoms with Crippen LogP contribution in [0.1, 0.15) is 47.2 Å². The third kappa shape index (κ3) is 4.69. The summed E-state index contributed by atoms with van der Waals surface area (Å²) >= 11 is 0. The molecule has 0 bridgehead atoms. The molecule has 0 radical (unpaired) electrons. The van der Waals surface area contributed by atoms with Gasteiger partial charge in [-0.05, 0) is 65.4 Å². The lowest BCUT2D eigenvalue weighted by atomic mass is 9.98. The number of anilines is 1. The molecule has 3 aromatic rings. The maximum Gasteiger partial charge on any atom is 0.0666 e. The molecule has 1 aliphatic carbocycles. The average Bonchev–Trinajstić information content (AvgIpc) is 3.49. The molecule has 1 saturated heterocycles. The molecular weight excluding hydrogens is 430 g/mol. The number of hydrogen-bond acceptors (Lipinski definition) is 4. The maximum atomic E-state index is 4.68. The van der Waals surface area contributed by atoms with Crippen LogP contribution in [0.25, 0.3) is 11.3 Å². The molecule has 1 aromatic heterocycles. The van der Waals surface area contributed by atoms with Crippen molar-refractivity contribution in [1.29, 1.82) is 0 Å². The zero-order valence-corrected chi connectivity index (χ0v) is 20.9. The quantitative estimate of drug-likeness (QED) is 0.490. The van der Waals surface area contributed by atoms with Crippen LogP contribution in [0.15, 0.2) is 80.4 Å². The van der Waals surface area contributed by atoms with Gasteiger partial charge >= 0.3 is 0 Å². The van der Waals surface area contributed by atoms with E-state index < -0.39 is 0 Å². The molecular formula is C30H35N5. The fourth-order valence-electron chi connectivity index (χ4n) is 5.30. The third-order valence-corrected chi connectivity index (χ3v) is 7.25. The minimum Gasteiger partial charge on any atom is -0.380 e. The summed E-state index contributed by atoms with van der Waals surface area (Å²) in [5, 5.41) is 8.30. The molecule has 35 heavy (non-hydrogen) atoms. The monoisotopic (exact) mass is 465 g/mol. The van der Waals surface area contributed by atoms with Gasteiger partial charge in [-0.15, -0.1) is 0 Å². The first-order chi connectivity index (χ1) is 16.9. The molecule has 1 unspecified atom stereocenters. The number of benzene rings is 2. The predicted octanol–water partition coefficient (Wildman–Crippen LogP) is 5.63. The summed E-state index contributed by atoms with van der Waals surface area (Å²) in [6.45, 7) is 17.2. The normalized spacial score (nSPS) is 17.8. The lowest BCUT2D eigenvalue weighted by Gasteiger charge is -2.35. The standard InChI is InChI=1S/C30H35N5/c1-6-24-10-12-27(15-30(24)33(5)7-2)35-19-23(16-31-35)18-34-17-22(4)32-29(20-34)26-11-13-28-21(3)8-9-25(28)14-26/h7,10-16,19,29,32H,2-4,6,8-9,17-18,20H2,1,5H3. The highest BCUT2D eigenvalue weighted by molar-refractivity contribution is 5.71. The highest BCUT2D eigenvalue weighted by Crippen LogP contribution is 2.33. The van der Waals surface area contributed by atoms with Crippen molar-refractivity contribution in [1.82, 2.24) is 20.0 Å². The molecule has 0 saturated carbocycles. The van der Waals surface area contributed by atoms with Crippen molar-refractivity contribution in [3.05, 3.63) is 108 Å². The zero-order chi connectivity index (χ0) is 24.5. The number of nitrogens with zero attached hydrogens (tertiary/aromatic N) is 4. The molecule has 0 amide bonds. The van der Waals surface area contributed by atoms with Crippen LogP contribution in [0.3, 0.4) is 0 Å². The molecule has 1 aliphatic heterocycles. The topological polar surface area (TPSA) is 36.3 Å². The van der Waals surface area contributed by atoms with E-state index in [9.17, 15) is 0 Å². The number of aryl methyl sites for hydroxylation is 2. The van der Waals surface area contributed by atoms with Gasteiger partial charge < -0.3 is 10.2 Å². The summed E-state index contributed by atoms with van der Waals surface area (Å²) in [6, 6.07) is 13.6. The van der Waals surface area contributed by atoms with Crippen molar-refractivity contribution in [2.75, 3.05) is 25.0 Å². The van der Waals surface area contributed by atoms with Crippen molar-refractivity contribution in [3.63, 3.8) is 0 Å². The lowest BCUT2D eigenvalue weighted by Crippen LogP contribution is -2.43. The highest BCUT2D eigenvalue weighted by atomic mass is 15.3. The fraction of sp³-hybridized carbons (Fsp3) is 0.300. The molecule has 180 valence electrons. The van der Waals surface area contributed by atoms with Crippen LogP contribution >= 0.6 is 0 Å². The number of nitrogens with one attached hydrogen (secondary N) is 1. The van der Waals surface area contributed by atoms with Crippen LogP contribution in [-0.2, 0) is 19.4 Å². The van der Waals surface area contributed by atoms with Gasteiger partial charge in [-0.1, -0.05) is 50.9 Å². The molecule has 0 spiro atoms. The first kappa shape index (κ1) is 23.2. The largest absolute Gasteiger partial charge is 0.380 e. The number of fused-ring (bicyclic) bond motifs is 1. The second kappa shape index (κ2) is 9.59.